The molecule has 0 saturated heterocycles. The number of aldehydes is 2. The molecule has 0 unspecified atom stereocenters. The van der Waals surface area contributed by atoms with Crippen molar-refractivity contribution in [3.05, 3.63) is 14.9 Å². The Bertz CT molecular complexity index is 151. The van der Waals surface area contributed by atoms with Crippen LogP contribution in [0.1, 0.15) is 51.4 Å². The SMILES string of the molecule is O=CC1CCCC1.O=CC1CCCC1.[CH3-].[CH3-].[Fe+2]. The summed E-state index contributed by atoms with van der Waals surface area (Å²) in [5.41, 5.74) is 0. The second kappa shape index (κ2) is 13.9. The first-order chi connectivity index (χ1) is 6.86. The Hall–Kier alpha value is -0.141. The average Bonchev–Trinajstić information content (AvgIpc) is 2.92. The predicted molar refractivity (Wildman–Crippen MR) is 68.9 cm³/mol. The van der Waals surface area contributed by atoms with Crippen LogP contribution in [0.5, 0.6) is 0 Å². The molecule has 0 radical (unpaired) electrons. The molecule has 2 aliphatic rings. The third-order valence-corrected chi connectivity index (χ3v) is 3.18. The van der Waals surface area contributed by atoms with Crippen LogP contribution in [0.25, 0.3) is 0 Å². The molecule has 0 atom stereocenters. The van der Waals surface area contributed by atoms with Crippen LogP contribution in [-0.4, -0.2) is 12.6 Å². The predicted octanol–water partition coefficient (Wildman–Crippen LogP) is 3.65. The van der Waals surface area contributed by atoms with Crippen molar-refractivity contribution in [1.82, 2.24) is 0 Å². The van der Waals surface area contributed by atoms with Gasteiger partial charge in [-0.05, 0) is 25.7 Å². The largest absolute Gasteiger partial charge is 2.00 e. The molecule has 0 aromatic rings. The summed E-state index contributed by atoms with van der Waals surface area (Å²) in [6.07, 6.45) is 11.8. The van der Waals surface area contributed by atoms with Crippen molar-refractivity contribution in [3.63, 3.8) is 0 Å². The minimum atomic E-state index is 0. The van der Waals surface area contributed by atoms with Gasteiger partial charge in [0.05, 0.1) is 0 Å². The molecular formula is C14H26FeO2. The van der Waals surface area contributed by atoms with Crippen molar-refractivity contribution < 1.29 is 26.7 Å². The quantitative estimate of drug-likeness (QED) is 0.440. The molecular weight excluding hydrogens is 256 g/mol. The summed E-state index contributed by atoms with van der Waals surface area (Å²) < 4.78 is 0. The van der Waals surface area contributed by atoms with Gasteiger partial charge in [0.15, 0.2) is 0 Å². The molecule has 0 amide bonds. The molecule has 2 fully saturated rings. The van der Waals surface area contributed by atoms with Gasteiger partial charge in [0, 0.05) is 11.8 Å². The van der Waals surface area contributed by atoms with E-state index in [0.717, 1.165) is 38.3 Å². The minimum Gasteiger partial charge on any atom is -0.358 e. The number of rotatable bonds is 2. The number of carbonyl (C=O) groups excluding carboxylic acids is 2. The van der Waals surface area contributed by atoms with Crippen molar-refractivity contribution in [2.45, 2.75) is 51.4 Å². The Kier molecular flexibility index (Phi) is 18.1. The second-order valence-electron chi connectivity index (χ2n) is 4.36. The molecule has 3 heteroatoms. The molecule has 0 N–H and O–H groups in total. The van der Waals surface area contributed by atoms with E-state index in [4.69, 9.17) is 0 Å². The Morgan fingerprint density at radius 3 is 1.00 bits per heavy atom. The van der Waals surface area contributed by atoms with Crippen LogP contribution in [0.3, 0.4) is 0 Å². The maximum Gasteiger partial charge on any atom is 2.00 e. The fourth-order valence-electron chi connectivity index (χ4n) is 2.19. The van der Waals surface area contributed by atoms with Crippen molar-refractivity contribution >= 4 is 12.6 Å². The van der Waals surface area contributed by atoms with Gasteiger partial charge < -0.3 is 24.4 Å². The van der Waals surface area contributed by atoms with Crippen LogP contribution in [-0.2, 0) is 26.7 Å². The third kappa shape index (κ3) is 9.55. The van der Waals surface area contributed by atoms with Crippen molar-refractivity contribution in [1.29, 1.82) is 0 Å². The molecule has 102 valence electrons. The number of carbonyl (C=O) groups is 2. The van der Waals surface area contributed by atoms with Crippen molar-refractivity contribution in [2.75, 3.05) is 0 Å². The van der Waals surface area contributed by atoms with Crippen molar-refractivity contribution in [3.8, 4) is 0 Å². The smallest absolute Gasteiger partial charge is 0.358 e. The van der Waals surface area contributed by atoms with Crippen LogP contribution in [0, 0.1) is 26.7 Å². The molecule has 2 aliphatic carbocycles. The zero-order valence-corrected chi connectivity index (χ0v) is 12.2. The van der Waals surface area contributed by atoms with E-state index in [1.165, 1.54) is 25.7 Å². The summed E-state index contributed by atoms with van der Waals surface area (Å²) in [4.78, 5) is 20.0. The Balaban J connectivity index is -0.000000196. The maximum absolute atomic E-state index is 10.0. The van der Waals surface area contributed by atoms with Gasteiger partial charge in [-0.1, -0.05) is 25.7 Å². The Morgan fingerprint density at radius 1 is 0.647 bits per heavy atom. The number of hydrogen-bond acceptors (Lipinski definition) is 2. The fraction of sp³-hybridized carbons (Fsp3) is 0.714. The molecule has 0 bridgehead atoms. The van der Waals surface area contributed by atoms with E-state index in [2.05, 4.69) is 0 Å². The molecule has 2 rings (SSSR count). The summed E-state index contributed by atoms with van der Waals surface area (Å²) in [6.45, 7) is 0. The van der Waals surface area contributed by atoms with Gasteiger partial charge in [-0.25, -0.2) is 0 Å². The first kappa shape index (κ1) is 22.1. The fourth-order valence-corrected chi connectivity index (χ4v) is 2.19. The van der Waals surface area contributed by atoms with Gasteiger partial charge in [0.1, 0.15) is 12.6 Å². The van der Waals surface area contributed by atoms with Gasteiger partial charge in [-0.2, -0.15) is 0 Å². The third-order valence-electron chi connectivity index (χ3n) is 3.18. The van der Waals surface area contributed by atoms with E-state index in [9.17, 15) is 9.59 Å². The van der Waals surface area contributed by atoms with Crippen molar-refractivity contribution in [2.24, 2.45) is 11.8 Å². The summed E-state index contributed by atoms with van der Waals surface area (Å²) >= 11 is 0. The van der Waals surface area contributed by atoms with Gasteiger partial charge in [-0.15, -0.1) is 0 Å². The van der Waals surface area contributed by atoms with E-state index < -0.39 is 0 Å². The van der Waals surface area contributed by atoms with E-state index >= 15 is 0 Å². The molecule has 2 nitrogen and oxygen atoms in total. The Labute approximate surface area is 117 Å². The first-order valence-electron chi connectivity index (χ1n) is 5.77. The number of hydrogen-bond donors (Lipinski definition) is 0. The topological polar surface area (TPSA) is 34.1 Å². The van der Waals surface area contributed by atoms with Crippen LogP contribution in [0.4, 0.5) is 0 Å². The Morgan fingerprint density at radius 2 is 0.882 bits per heavy atom. The van der Waals surface area contributed by atoms with E-state index in [1.54, 1.807) is 0 Å². The van der Waals surface area contributed by atoms with Crippen LogP contribution < -0.4 is 0 Å². The van der Waals surface area contributed by atoms with Gasteiger partial charge in [0.2, 0.25) is 0 Å². The van der Waals surface area contributed by atoms with Gasteiger partial charge in [-0.3, -0.25) is 0 Å². The van der Waals surface area contributed by atoms with E-state index in [-0.39, 0.29) is 31.9 Å². The molecule has 0 aromatic carbocycles. The summed E-state index contributed by atoms with van der Waals surface area (Å²) in [5, 5.41) is 0. The first-order valence-corrected chi connectivity index (χ1v) is 5.77. The van der Waals surface area contributed by atoms with Crippen LogP contribution >= 0.6 is 0 Å². The molecule has 17 heavy (non-hydrogen) atoms. The van der Waals surface area contributed by atoms with Crippen LogP contribution in [0.15, 0.2) is 0 Å². The molecule has 0 aromatic heterocycles. The van der Waals surface area contributed by atoms with E-state index in [0.29, 0.717) is 11.8 Å². The summed E-state index contributed by atoms with van der Waals surface area (Å²) in [7, 11) is 0. The maximum atomic E-state index is 10.0. The molecule has 2 saturated carbocycles. The normalized spacial score (nSPS) is 18.8. The zero-order valence-electron chi connectivity index (χ0n) is 11.1. The average molecular weight is 282 g/mol. The van der Waals surface area contributed by atoms with Gasteiger partial charge in [0.25, 0.3) is 0 Å². The monoisotopic (exact) mass is 282 g/mol. The second-order valence-corrected chi connectivity index (χ2v) is 4.36. The zero-order chi connectivity index (χ0) is 10.2. The standard InChI is InChI=1S/2C6H10O.2CH3.Fe/c2*7-5-6-3-1-2-4-6;;;/h2*5-6H,1-4H2;2*1H3;/q;;2*-1;+2. The molecule has 0 aliphatic heterocycles. The van der Waals surface area contributed by atoms with Crippen LogP contribution in [0.2, 0.25) is 0 Å². The summed E-state index contributed by atoms with van der Waals surface area (Å²) in [5.74, 6) is 0.833. The molecule has 0 spiro atoms. The van der Waals surface area contributed by atoms with E-state index in [1.807, 2.05) is 0 Å². The summed E-state index contributed by atoms with van der Waals surface area (Å²) in [6, 6.07) is 0. The molecule has 0 heterocycles. The minimum absolute atomic E-state index is 0. The van der Waals surface area contributed by atoms with Gasteiger partial charge >= 0.3 is 17.1 Å².